The molecule has 2 rings (SSSR count). The summed E-state index contributed by atoms with van der Waals surface area (Å²) in [5, 5.41) is 8.82. The van der Waals surface area contributed by atoms with Gasteiger partial charge < -0.3 is 0 Å². The van der Waals surface area contributed by atoms with Crippen molar-refractivity contribution in [1.82, 2.24) is 4.72 Å². The minimum atomic E-state index is -4.15. The van der Waals surface area contributed by atoms with Crippen LogP contribution in [-0.4, -0.2) is 28.5 Å². The Morgan fingerprint density at radius 1 is 1.04 bits per heavy atom. The number of nitriles is 1. The Morgan fingerprint density at radius 2 is 1.68 bits per heavy atom. The molecule has 0 unspecified atom stereocenters. The molecule has 130 valence electrons. The number of sulfone groups is 1. The van der Waals surface area contributed by atoms with Gasteiger partial charge in [0.25, 0.3) is 15.9 Å². The molecule has 0 saturated heterocycles. The van der Waals surface area contributed by atoms with Crippen molar-refractivity contribution < 1.29 is 21.6 Å². The van der Waals surface area contributed by atoms with Crippen molar-refractivity contribution >= 4 is 25.8 Å². The SMILES string of the molecule is CCS(=O)(=O)c1ccc(C(=O)NS(=O)(=O)c2cccc(C#N)c2)cc1. The van der Waals surface area contributed by atoms with Crippen LogP contribution in [0.3, 0.4) is 0 Å². The highest BCUT2D eigenvalue weighted by Gasteiger charge is 2.20. The Kier molecular flexibility index (Phi) is 5.25. The molecule has 0 heterocycles. The van der Waals surface area contributed by atoms with Gasteiger partial charge in [0.1, 0.15) is 0 Å². The quantitative estimate of drug-likeness (QED) is 0.841. The first kappa shape index (κ1) is 18.6. The molecule has 0 spiro atoms. The molecule has 0 aliphatic rings. The summed E-state index contributed by atoms with van der Waals surface area (Å²) in [6.45, 7) is 1.50. The van der Waals surface area contributed by atoms with Crippen molar-refractivity contribution in [1.29, 1.82) is 5.26 Å². The van der Waals surface area contributed by atoms with E-state index in [0.29, 0.717) is 0 Å². The Morgan fingerprint density at radius 3 is 2.24 bits per heavy atom. The van der Waals surface area contributed by atoms with Crippen molar-refractivity contribution in [2.45, 2.75) is 16.7 Å². The van der Waals surface area contributed by atoms with Gasteiger partial charge in [0.2, 0.25) is 0 Å². The largest absolute Gasteiger partial charge is 0.268 e. The fraction of sp³-hybridized carbons (Fsp3) is 0.125. The Balaban J connectivity index is 2.25. The Labute approximate surface area is 145 Å². The number of rotatable bonds is 5. The summed E-state index contributed by atoms with van der Waals surface area (Å²) in [6, 6.07) is 12.0. The number of nitrogens with one attached hydrogen (secondary N) is 1. The van der Waals surface area contributed by atoms with Crippen LogP contribution in [0.5, 0.6) is 0 Å². The smallest absolute Gasteiger partial charge is 0.264 e. The van der Waals surface area contributed by atoms with E-state index in [-0.39, 0.29) is 26.7 Å². The average molecular weight is 378 g/mol. The minimum absolute atomic E-state index is 0.00457. The van der Waals surface area contributed by atoms with E-state index in [9.17, 15) is 21.6 Å². The predicted octanol–water partition coefficient (Wildman–Crippen LogP) is 1.47. The lowest BCUT2D eigenvalue weighted by molar-refractivity contribution is 0.0981. The lowest BCUT2D eigenvalue weighted by atomic mass is 10.2. The summed E-state index contributed by atoms with van der Waals surface area (Å²) < 4.78 is 49.8. The second-order valence-electron chi connectivity index (χ2n) is 5.00. The predicted molar refractivity (Wildman–Crippen MR) is 90.0 cm³/mol. The molecule has 1 N–H and O–H groups in total. The van der Waals surface area contributed by atoms with Crippen LogP contribution in [0, 0.1) is 11.3 Å². The standard InChI is InChI=1S/C16H14N2O5S2/c1-2-24(20,21)14-8-6-13(7-9-14)16(19)18-25(22,23)15-5-3-4-12(10-15)11-17/h3-10H,2H2,1H3,(H,18,19). The van der Waals surface area contributed by atoms with E-state index in [2.05, 4.69) is 0 Å². The second-order valence-corrected chi connectivity index (χ2v) is 8.96. The number of hydrogen-bond donors (Lipinski definition) is 1. The molecule has 0 radical (unpaired) electrons. The first-order chi connectivity index (χ1) is 11.7. The monoisotopic (exact) mass is 378 g/mol. The molecule has 0 bridgehead atoms. The third-order valence-corrected chi connectivity index (χ3v) is 6.44. The number of nitrogens with zero attached hydrogens (tertiary/aromatic N) is 1. The van der Waals surface area contributed by atoms with Crippen LogP contribution in [-0.2, 0) is 19.9 Å². The van der Waals surface area contributed by atoms with E-state index >= 15 is 0 Å². The molecule has 7 nitrogen and oxygen atoms in total. The van der Waals surface area contributed by atoms with Gasteiger partial charge in [-0.25, -0.2) is 21.6 Å². The van der Waals surface area contributed by atoms with Gasteiger partial charge in [-0.3, -0.25) is 4.79 Å². The van der Waals surface area contributed by atoms with Crippen molar-refractivity contribution in [2.75, 3.05) is 5.75 Å². The van der Waals surface area contributed by atoms with E-state index in [4.69, 9.17) is 5.26 Å². The third kappa shape index (κ3) is 4.23. The molecule has 1 amide bonds. The highest BCUT2D eigenvalue weighted by molar-refractivity contribution is 7.91. The van der Waals surface area contributed by atoms with E-state index in [0.717, 1.165) is 6.07 Å². The fourth-order valence-corrected chi connectivity index (χ4v) is 3.86. The highest BCUT2D eigenvalue weighted by Crippen LogP contribution is 2.14. The van der Waals surface area contributed by atoms with Crippen molar-refractivity contribution in [3.63, 3.8) is 0 Å². The summed E-state index contributed by atoms with van der Waals surface area (Å²) in [5.41, 5.74) is 0.138. The zero-order valence-electron chi connectivity index (χ0n) is 13.1. The molecule has 2 aromatic rings. The van der Waals surface area contributed by atoms with Crippen LogP contribution in [0.25, 0.3) is 0 Å². The Hall–Kier alpha value is -2.70. The summed E-state index contributed by atoms with van der Waals surface area (Å²) in [7, 11) is -7.56. The number of sulfonamides is 1. The van der Waals surface area contributed by atoms with Crippen molar-refractivity contribution in [3.8, 4) is 6.07 Å². The first-order valence-corrected chi connectivity index (χ1v) is 10.2. The fourth-order valence-electron chi connectivity index (χ4n) is 1.95. The topological polar surface area (TPSA) is 121 Å². The third-order valence-electron chi connectivity index (χ3n) is 3.36. The second kappa shape index (κ2) is 7.04. The number of benzene rings is 2. The molecule has 0 aliphatic heterocycles. The van der Waals surface area contributed by atoms with Crippen LogP contribution < -0.4 is 4.72 Å². The van der Waals surface area contributed by atoms with Crippen LogP contribution >= 0.6 is 0 Å². The lowest BCUT2D eigenvalue weighted by Gasteiger charge is -2.08. The normalized spacial score (nSPS) is 11.5. The zero-order chi connectivity index (χ0) is 18.7. The van der Waals surface area contributed by atoms with Crippen LogP contribution in [0.4, 0.5) is 0 Å². The van der Waals surface area contributed by atoms with Gasteiger partial charge in [-0.05, 0) is 42.5 Å². The van der Waals surface area contributed by atoms with Gasteiger partial charge in [-0.15, -0.1) is 0 Å². The molecule has 2 aromatic carbocycles. The van der Waals surface area contributed by atoms with Gasteiger partial charge in [0.15, 0.2) is 9.84 Å². The molecule has 0 saturated carbocycles. The minimum Gasteiger partial charge on any atom is -0.268 e. The molecule has 0 atom stereocenters. The van der Waals surface area contributed by atoms with Gasteiger partial charge in [0.05, 0.1) is 27.2 Å². The maximum absolute atomic E-state index is 12.2. The van der Waals surface area contributed by atoms with Gasteiger partial charge in [-0.2, -0.15) is 5.26 Å². The molecule has 0 fully saturated rings. The number of hydrogen-bond acceptors (Lipinski definition) is 6. The highest BCUT2D eigenvalue weighted by atomic mass is 32.2. The molecule has 25 heavy (non-hydrogen) atoms. The van der Waals surface area contributed by atoms with Crippen LogP contribution in [0.15, 0.2) is 58.3 Å². The van der Waals surface area contributed by atoms with Crippen LogP contribution in [0.2, 0.25) is 0 Å². The molecular weight excluding hydrogens is 364 g/mol. The van der Waals surface area contributed by atoms with Crippen molar-refractivity contribution in [2.24, 2.45) is 0 Å². The number of carbonyl (C=O) groups is 1. The maximum atomic E-state index is 12.2. The zero-order valence-corrected chi connectivity index (χ0v) is 14.8. The summed E-state index contributed by atoms with van der Waals surface area (Å²) in [4.78, 5) is 11.9. The molecular formula is C16H14N2O5S2. The number of amides is 1. The molecule has 0 aromatic heterocycles. The summed E-state index contributed by atoms with van der Waals surface area (Å²) in [6.07, 6.45) is 0. The number of carbonyl (C=O) groups excluding carboxylic acids is 1. The lowest BCUT2D eigenvalue weighted by Crippen LogP contribution is -2.30. The van der Waals surface area contributed by atoms with E-state index in [1.807, 2.05) is 10.8 Å². The molecule has 9 heteroatoms. The van der Waals surface area contributed by atoms with Crippen LogP contribution in [0.1, 0.15) is 22.8 Å². The first-order valence-electron chi connectivity index (χ1n) is 7.10. The summed E-state index contributed by atoms with van der Waals surface area (Å²) >= 11 is 0. The maximum Gasteiger partial charge on any atom is 0.264 e. The average Bonchev–Trinajstić information content (AvgIpc) is 2.61. The molecule has 0 aliphatic carbocycles. The van der Waals surface area contributed by atoms with Gasteiger partial charge in [-0.1, -0.05) is 13.0 Å². The van der Waals surface area contributed by atoms with Crippen molar-refractivity contribution in [3.05, 3.63) is 59.7 Å². The Bertz CT molecular complexity index is 1050. The summed E-state index contributed by atoms with van der Waals surface area (Å²) in [5.74, 6) is -0.981. The van der Waals surface area contributed by atoms with E-state index in [1.165, 1.54) is 49.4 Å². The van der Waals surface area contributed by atoms with E-state index < -0.39 is 25.8 Å². The van der Waals surface area contributed by atoms with E-state index in [1.54, 1.807) is 0 Å². The van der Waals surface area contributed by atoms with Gasteiger partial charge >= 0.3 is 0 Å². The van der Waals surface area contributed by atoms with Gasteiger partial charge in [0, 0.05) is 5.56 Å².